The van der Waals surface area contributed by atoms with Crippen molar-refractivity contribution in [2.24, 2.45) is 5.73 Å². The van der Waals surface area contributed by atoms with E-state index < -0.39 is 0 Å². The first-order valence-electron chi connectivity index (χ1n) is 5.96. The van der Waals surface area contributed by atoms with Crippen molar-refractivity contribution in [3.8, 4) is 0 Å². The third kappa shape index (κ3) is 3.70. The largest absolute Gasteiger partial charge is 0.384 e. The first-order chi connectivity index (χ1) is 9.06. The molecule has 0 aliphatic heterocycles. The van der Waals surface area contributed by atoms with E-state index in [9.17, 15) is 0 Å². The normalized spacial score (nSPS) is 10.2. The number of halogens is 1. The van der Waals surface area contributed by atoms with E-state index in [4.69, 9.17) is 11.1 Å². The number of nitrogens with two attached hydrogens (primary N) is 1. The molecule has 0 fully saturated rings. The van der Waals surface area contributed by atoms with Crippen LogP contribution < -0.4 is 10.6 Å². The van der Waals surface area contributed by atoms with Crippen molar-refractivity contribution in [2.45, 2.75) is 6.54 Å². The Morgan fingerprint density at radius 1 is 1.21 bits per heavy atom. The molecule has 3 N–H and O–H groups in total. The van der Waals surface area contributed by atoms with Crippen LogP contribution in [0.2, 0.25) is 0 Å². The highest BCUT2D eigenvalue weighted by Gasteiger charge is 2.04. The van der Waals surface area contributed by atoms with E-state index in [0.717, 1.165) is 17.8 Å². The van der Waals surface area contributed by atoms with Crippen LogP contribution >= 0.6 is 22.6 Å². The molecule has 0 aliphatic rings. The molecule has 0 aliphatic carbocycles. The van der Waals surface area contributed by atoms with Crippen LogP contribution in [-0.4, -0.2) is 12.9 Å². The molecule has 0 atom stereocenters. The predicted octanol–water partition coefficient (Wildman–Crippen LogP) is 3.21. The molecule has 2 aromatic carbocycles. The molecule has 98 valence electrons. The van der Waals surface area contributed by atoms with Gasteiger partial charge in [-0.25, -0.2) is 0 Å². The van der Waals surface area contributed by atoms with Crippen LogP contribution in [0.1, 0.15) is 11.1 Å². The fourth-order valence-corrected chi connectivity index (χ4v) is 2.23. The van der Waals surface area contributed by atoms with E-state index in [0.29, 0.717) is 0 Å². The fourth-order valence-electron chi connectivity index (χ4n) is 1.87. The minimum atomic E-state index is 0.101. The van der Waals surface area contributed by atoms with Gasteiger partial charge in [0.1, 0.15) is 5.84 Å². The summed E-state index contributed by atoms with van der Waals surface area (Å²) in [6.07, 6.45) is 0. The Bertz CT molecular complexity index is 578. The number of anilines is 1. The average molecular weight is 365 g/mol. The summed E-state index contributed by atoms with van der Waals surface area (Å²) in [5.74, 6) is 0.101. The highest BCUT2D eigenvalue weighted by molar-refractivity contribution is 14.1. The second-order valence-electron chi connectivity index (χ2n) is 4.45. The Morgan fingerprint density at radius 2 is 1.89 bits per heavy atom. The number of hydrogen-bond donors (Lipinski definition) is 2. The van der Waals surface area contributed by atoms with Gasteiger partial charge in [0.2, 0.25) is 0 Å². The lowest BCUT2D eigenvalue weighted by atomic mass is 10.1. The van der Waals surface area contributed by atoms with E-state index in [2.05, 4.69) is 51.8 Å². The second kappa shape index (κ2) is 6.06. The van der Waals surface area contributed by atoms with Crippen LogP contribution in [0.25, 0.3) is 0 Å². The molecule has 0 bridgehead atoms. The molecule has 2 aromatic rings. The Hall–Kier alpha value is -1.56. The lowest BCUT2D eigenvalue weighted by Crippen LogP contribution is -2.18. The first kappa shape index (κ1) is 13.9. The summed E-state index contributed by atoms with van der Waals surface area (Å²) < 4.78 is 1.24. The molecule has 0 aromatic heterocycles. The first-order valence-corrected chi connectivity index (χ1v) is 7.04. The third-order valence-corrected chi connectivity index (χ3v) is 3.65. The van der Waals surface area contributed by atoms with Crippen LogP contribution in [0.5, 0.6) is 0 Å². The summed E-state index contributed by atoms with van der Waals surface area (Å²) >= 11 is 2.30. The van der Waals surface area contributed by atoms with Gasteiger partial charge in [-0.3, -0.25) is 5.41 Å². The zero-order chi connectivity index (χ0) is 13.8. The van der Waals surface area contributed by atoms with Gasteiger partial charge in [0.25, 0.3) is 0 Å². The van der Waals surface area contributed by atoms with Crippen LogP contribution in [0.4, 0.5) is 5.69 Å². The average Bonchev–Trinajstić information content (AvgIpc) is 2.41. The van der Waals surface area contributed by atoms with Gasteiger partial charge < -0.3 is 10.6 Å². The van der Waals surface area contributed by atoms with Crippen LogP contribution in [-0.2, 0) is 6.54 Å². The highest BCUT2D eigenvalue weighted by Crippen LogP contribution is 2.17. The van der Waals surface area contributed by atoms with Crippen molar-refractivity contribution in [2.75, 3.05) is 11.9 Å². The lowest BCUT2D eigenvalue weighted by Gasteiger charge is -2.20. The van der Waals surface area contributed by atoms with E-state index >= 15 is 0 Å². The number of nitrogens with zero attached hydrogens (tertiary/aromatic N) is 1. The minimum absolute atomic E-state index is 0.101. The van der Waals surface area contributed by atoms with Crippen LogP contribution in [0.3, 0.4) is 0 Å². The van der Waals surface area contributed by atoms with E-state index in [1.807, 2.05) is 31.3 Å². The molecule has 19 heavy (non-hydrogen) atoms. The van der Waals surface area contributed by atoms with Crippen molar-refractivity contribution in [1.29, 1.82) is 5.41 Å². The monoisotopic (exact) mass is 365 g/mol. The van der Waals surface area contributed by atoms with Gasteiger partial charge in [0, 0.05) is 28.4 Å². The summed E-state index contributed by atoms with van der Waals surface area (Å²) in [7, 11) is 2.04. The molecule has 0 saturated heterocycles. The molecule has 0 radical (unpaired) electrons. The summed E-state index contributed by atoms with van der Waals surface area (Å²) in [4.78, 5) is 2.15. The van der Waals surface area contributed by atoms with Gasteiger partial charge in [0.15, 0.2) is 0 Å². The van der Waals surface area contributed by atoms with Crippen molar-refractivity contribution in [1.82, 2.24) is 0 Å². The standard InChI is InChI=1S/C15H16IN3/c1-19(10-11-5-7-13(16)8-6-11)14-4-2-3-12(9-14)15(17)18/h2-9H,10H2,1H3,(H3,17,18). The third-order valence-electron chi connectivity index (χ3n) is 2.93. The number of benzene rings is 2. The molecule has 3 nitrogen and oxygen atoms in total. The zero-order valence-corrected chi connectivity index (χ0v) is 12.9. The van der Waals surface area contributed by atoms with Gasteiger partial charge >= 0.3 is 0 Å². The molecule has 0 amide bonds. The Balaban J connectivity index is 2.15. The van der Waals surface area contributed by atoms with Gasteiger partial charge in [0.05, 0.1) is 0 Å². The van der Waals surface area contributed by atoms with Gasteiger partial charge in [-0.1, -0.05) is 24.3 Å². The summed E-state index contributed by atoms with van der Waals surface area (Å²) in [6.45, 7) is 0.832. The molecular weight excluding hydrogens is 349 g/mol. The number of amidine groups is 1. The maximum atomic E-state index is 7.48. The maximum absolute atomic E-state index is 7.48. The van der Waals surface area contributed by atoms with Gasteiger partial charge in [-0.2, -0.15) is 0 Å². The van der Waals surface area contributed by atoms with Gasteiger partial charge in [-0.05, 0) is 52.4 Å². The van der Waals surface area contributed by atoms with Crippen LogP contribution in [0.15, 0.2) is 48.5 Å². The highest BCUT2D eigenvalue weighted by atomic mass is 127. The van der Waals surface area contributed by atoms with Crippen molar-refractivity contribution < 1.29 is 0 Å². The molecule has 2 rings (SSSR count). The van der Waals surface area contributed by atoms with E-state index in [1.165, 1.54) is 9.13 Å². The molecule has 0 heterocycles. The SMILES string of the molecule is CN(Cc1ccc(I)cc1)c1cccc(C(=N)N)c1. The van der Waals surface area contributed by atoms with Crippen molar-refractivity contribution in [3.05, 3.63) is 63.2 Å². The summed E-state index contributed by atoms with van der Waals surface area (Å²) in [5, 5.41) is 7.48. The predicted molar refractivity (Wildman–Crippen MR) is 88.7 cm³/mol. The van der Waals surface area contributed by atoms with E-state index in [-0.39, 0.29) is 5.84 Å². The summed E-state index contributed by atoms with van der Waals surface area (Å²) in [5.41, 5.74) is 8.59. The van der Waals surface area contributed by atoms with Crippen LogP contribution in [0, 0.1) is 8.98 Å². The van der Waals surface area contributed by atoms with Crippen molar-refractivity contribution >= 4 is 34.1 Å². The van der Waals surface area contributed by atoms with E-state index in [1.54, 1.807) is 0 Å². The quantitative estimate of drug-likeness (QED) is 0.497. The number of nitrogen functional groups attached to an aromatic ring is 1. The molecule has 0 spiro atoms. The smallest absolute Gasteiger partial charge is 0.122 e. The number of hydrogen-bond acceptors (Lipinski definition) is 2. The maximum Gasteiger partial charge on any atom is 0.122 e. The summed E-state index contributed by atoms with van der Waals surface area (Å²) in [6, 6.07) is 16.2. The Morgan fingerprint density at radius 3 is 2.53 bits per heavy atom. The molecule has 0 saturated carbocycles. The van der Waals surface area contributed by atoms with Gasteiger partial charge in [-0.15, -0.1) is 0 Å². The second-order valence-corrected chi connectivity index (χ2v) is 5.69. The Labute approximate surface area is 127 Å². The Kier molecular flexibility index (Phi) is 4.42. The molecule has 4 heteroatoms. The molecular formula is C15H16IN3. The zero-order valence-electron chi connectivity index (χ0n) is 10.7. The van der Waals surface area contributed by atoms with Crippen molar-refractivity contribution in [3.63, 3.8) is 0 Å². The lowest BCUT2D eigenvalue weighted by molar-refractivity contribution is 0.922. The fraction of sp³-hybridized carbons (Fsp3) is 0.133. The number of nitrogens with one attached hydrogen (secondary N) is 1. The number of rotatable bonds is 4. The molecule has 0 unspecified atom stereocenters. The topological polar surface area (TPSA) is 53.1 Å². The minimum Gasteiger partial charge on any atom is -0.384 e.